The van der Waals surface area contributed by atoms with Crippen molar-refractivity contribution in [2.24, 2.45) is 0 Å². The van der Waals surface area contributed by atoms with Gasteiger partial charge in [0.05, 0.1) is 7.37 Å². The number of allylic oxidation sites excluding steroid dienone is 1. The molecule has 0 aliphatic rings. The Labute approximate surface area is 119 Å². The van der Waals surface area contributed by atoms with Gasteiger partial charge in [-0.1, -0.05) is 38.2 Å². The molecule has 0 amide bonds. The molecule has 0 rings (SSSR count). The van der Waals surface area contributed by atoms with Gasteiger partial charge in [0.25, 0.3) is 0 Å². The summed E-state index contributed by atoms with van der Waals surface area (Å²) in [6, 6.07) is 0. The Morgan fingerprint density at radius 2 is 1.40 bits per heavy atom. The van der Waals surface area contributed by atoms with Gasteiger partial charge >= 0.3 is 0 Å². The van der Waals surface area contributed by atoms with Gasteiger partial charge in [0, 0.05) is 0 Å². The van der Waals surface area contributed by atoms with Crippen molar-refractivity contribution in [2.75, 3.05) is 6.16 Å². The molecule has 8 heteroatoms. The van der Waals surface area contributed by atoms with Crippen LogP contribution in [0.3, 0.4) is 0 Å². The monoisotopic (exact) mass is 327 g/mol. The zero-order chi connectivity index (χ0) is 15.6. The fourth-order valence-corrected chi connectivity index (χ4v) is 4.77. The van der Waals surface area contributed by atoms with Crippen LogP contribution in [0.15, 0.2) is 12.7 Å². The molecule has 20 heavy (non-hydrogen) atoms. The molecule has 0 heterocycles. The number of unbranched alkanes of at least 4 members (excludes halogenated alkanes) is 7. The van der Waals surface area contributed by atoms with Gasteiger partial charge in [0.1, 0.15) is 0 Å². The number of alkyl halides is 1. The second-order valence-electron chi connectivity index (χ2n) is 4.85. The third-order valence-corrected chi connectivity index (χ3v) is 6.98. The fourth-order valence-electron chi connectivity index (χ4n) is 1.83. The van der Waals surface area contributed by atoms with E-state index in [1.165, 1.54) is 0 Å². The van der Waals surface area contributed by atoms with Gasteiger partial charge < -0.3 is 23.8 Å². The molecule has 0 spiro atoms. The lowest BCUT2D eigenvalue weighted by atomic mass is 10.1. The number of hydrogen-bond acceptors (Lipinski definition) is 5. The van der Waals surface area contributed by atoms with Crippen molar-refractivity contribution in [3.8, 4) is 0 Å². The minimum Gasteiger partial charge on any atom is -0.808 e. The first-order valence-electron chi connectivity index (χ1n) is 6.78. The van der Waals surface area contributed by atoms with E-state index >= 15 is 0 Å². The zero-order valence-corrected chi connectivity index (χ0v) is 13.3. The van der Waals surface area contributed by atoms with Gasteiger partial charge in [0.2, 0.25) is 0 Å². The predicted molar refractivity (Wildman–Crippen MR) is 72.1 cm³/mol. The highest BCUT2D eigenvalue weighted by atomic mass is 31.2. The first-order chi connectivity index (χ1) is 9.22. The molecule has 0 saturated carbocycles. The molecule has 0 aromatic carbocycles. The van der Waals surface area contributed by atoms with Gasteiger partial charge in [-0.2, -0.15) is 0 Å². The van der Waals surface area contributed by atoms with E-state index in [9.17, 15) is 28.2 Å². The summed E-state index contributed by atoms with van der Waals surface area (Å²) in [6.45, 7) is 3.62. The minimum atomic E-state index is -5.71. The Hall–Kier alpha value is 0.01000. The SMILES string of the molecule is C=CCCCCCCCCCP(=O)([O-])C(F)P(=O)([O-])[O-]. The van der Waals surface area contributed by atoms with Crippen molar-refractivity contribution in [1.82, 2.24) is 0 Å². The summed E-state index contributed by atoms with van der Waals surface area (Å²) < 4.78 is 34.6. The van der Waals surface area contributed by atoms with E-state index in [0.29, 0.717) is 6.42 Å². The first kappa shape index (κ1) is 20.0. The molecule has 0 bridgehead atoms. The van der Waals surface area contributed by atoms with E-state index in [-0.39, 0.29) is 6.42 Å². The standard InChI is InChI=1S/C12H25FO5P2/c1-2-3-4-5-6-7-8-9-10-11-19(14,15)12(13)20(16,17)18/h2,12H,1,3-11H2,(H,14,15)(H2,16,17,18)/p-3. The maximum Gasteiger partial charge on any atom is 0.166 e. The van der Waals surface area contributed by atoms with Crippen LogP contribution in [0.25, 0.3) is 0 Å². The molecule has 0 aromatic heterocycles. The van der Waals surface area contributed by atoms with E-state index in [4.69, 9.17) is 0 Å². The van der Waals surface area contributed by atoms with Crippen LogP contribution in [0.1, 0.15) is 51.4 Å². The van der Waals surface area contributed by atoms with Crippen LogP contribution in [-0.2, 0) is 9.13 Å². The van der Waals surface area contributed by atoms with E-state index in [1.54, 1.807) is 0 Å². The summed E-state index contributed by atoms with van der Waals surface area (Å²) in [4.78, 5) is 32.0. The van der Waals surface area contributed by atoms with Crippen molar-refractivity contribution in [2.45, 2.75) is 57.0 Å². The quantitative estimate of drug-likeness (QED) is 0.310. The van der Waals surface area contributed by atoms with E-state index in [2.05, 4.69) is 6.58 Å². The number of halogens is 1. The normalized spacial score (nSPS) is 16.6. The molecular formula is C12H22FO5P2-3. The lowest BCUT2D eigenvalue weighted by molar-refractivity contribution is -0.318. The summed E-state index contributed by atoms with van der Waals surface area (Å²) in [5.74, 6) is 0. The maximum atomic E-state index is 13.0. The van der Waals surface area contributed by atoms with Crippen LogP contribution in [0.2, 0.25) is 0 Å². The maximum absolute atomic E-state index is 13.0. The molecule has 0 aliphatic carbocycles. The highest BCUT2D eigenvalue weighted by Gasteiger charge is 2.24. The van der Waals surface area contributed by atoms with Crippen molar-refractivity contribution in [3.63, 3.8) is 0 Å². The Balaban J connectivity index is 3.71. The van der Waals surface area contributed by atoms with Crippen LogP contribution >= 0.6 is 15.0 Å². The van der Waals surface area contributed by atoms with Crippen LogP contribution < -0.4 is 14.7 Å². The molecule has 0 saturated heterocycles. The second-order valence-corrected chi connectivity index (χ2v) is 9.15. The molecule has 0 fully saturated rings. The average molecular weight is 327 g/mol. The largest absolute Gasteiger partial charge is 0.808 e. The highest BCUT2D eigenvalue weighted by Crippen LogP contribution is 2.56. The average Bonchev–Trinajstić information content (AvgIpc) is 2.34. The summed E-state index contributed by atoms with van der Waals surface area (Å²) in [6.07, 6.45) is 8.06. The minimum absolute atomic E-state index is 0.188. The lowest BCUT2D eigenvalue weighted by Gasteiger charge is -2.40. The molecule has 0 radical (unpaired) electrons. The number of hydrogen-bond donors (Lipinski definition) is 0. The van der Waals surface area contributed by atoms with Crippen LogP contribution in [0.4, 0.5) is 4.39 Å². The van der Waals surface area contributed by atoms with E-state index < -0.39 is 26.8 Å². The third-order valence-electron chi connectivity index (χ3n) is 2.96. The highest BCUT2D eigenvalue weighted by molar-refractivity contribution is 7.71. The van der Waals surface area contributed by atoms with E-state index in [0.717, 1.165) is 38.5 Å². The second kappa shape index (κ2) is 9.86. The Morgan fingerprint density at radius 1 is 0.950 bits per heavy atom. The van der Waals surface area contributed by atoms with Crippen LogP contribution in [0, 0.1) is 0 Å². The molecule has 0 N–H and O–H groups in total. The van der Waals surface area contributed by atoms with E-state index in [1.807, 2.05) is 6.08 Å². The van der Waals surface area contributed by atoms with Crippen molar-refractivity contribution >= 4 is 15.0 Å². The van der Waals surface area contributed by atoms with Gasteiger partial charge in [-0.05, 0) is 33.0 Å². The molecule has 0 aromatic rings. The van der Waals surface area contributed by atoms with Gasteiger partial charge in [-0.25, -0.2) is 4.39 Å². The number of rotatable bonds is 12. The van der Waals surface area contributed by atoms with Crippen LogP contribution in [0.5, 0.6) is 0 Å². The Kier molecular flexibility index (Phi) is 9.86. The predicted octanol–water partition coefficient (Wildman–Crippen LogP) is 2.10. The molecule has 5 nitrogen and oxygen atoms in total. The summed E-state index contributed by atoms with van der Waals surface area (Å²) in [5, 5.41) is 0. The molecule has 120 valence electrons. The molecule has 0 aliphatic heterocycles. The van der Waals surface area contributed by atoms with Gasteiger partial charge in [-0.3, -0.25) is 0 Å². The Bertz CT molecular complexity index is 369. The fraction of sp³-hybridized carbons (Fsp3) is 0.833. The van der Waals surface area contributed by atoms with Gasteiger partial charge in [-0.15, -0.1) is 6.58 Å². The lowest BCUT2D eigenvalue weighted by Crippen LogP contribution is -2.27. The smallest absolute Gasteiger partial charge is 0.166 e. The van der Waals surface area contributed by atoms with Crippen LogP contribution in [-0.4, -0.2) is 11.8 Å². The molecule has 2 atom stereocenters. The van der Waals surface area contributed by atoms with Gasteiger partial charge in [0.15, 0.2) is 5.65 Å². The molecule has 2 unspecified atom stereocenters. The molecular weight excluding hydrogens is 305 g/mol. The third kappa shape index (κ3) is 9.04. The van der Waals surface area contributed by atoms with Crippen molar-refractivity contribution < 1.29 is 28.2 Å². The first-order valence-corrected chi connectivity index (χ1v) is 10.3. The summed E-state index contributed by atoms with van der Waals surface area (Å²) in [7, 11) is -10.5. The summed E-state index contributed by atoms with van der Waals surface area (Å²) >= 11 is 0. The Morgan fingerprint density at radius 3 is 1.85 bits per heavy atom. The summed E-state index contributed by atoms with van der Waals surface area (Å²) in [5.41, 5.74) is -3.28. The zero-order valence-electron chi connectivity index (χ0n) is 11.5. The van der Waals surface area contributed by atoms with Crippen molar-refractivity contribution in [1.29, 1.82) is 0 Å². The topological polar surface area (TPSA) is 103 Å². The van der Waals surface area contributed by atoms with Crippen molar-refractivity contribution in [3.05, 3.63) is 12.7 Å².